The number of unbranched alkanes of at least 4 members (excludes halogenated alkanes) is 10. The SMILES string of the molecule is CCCCCCCCCCCCc1ccc(C#C[Si](C)(C)CCCC)cc1. The lowest BCUT2D eigenvalue weighted by molar-refractivity contribution is 0.556. The molecule has 0 heterocycles. The summed E-state index contributed by atoms with van der Waals surface area (Å²) in [5.74, 6) is 3.44. The Morgan fingerprint density at radius 3 is 1.74 bits per heavy atom. The first-order valence-corrected chi connectivity index (χ1v) is 14.9. The Labute approximate surface area is 171 Å². The van der Waals surface area contributed by atoms with Crippen LogP contribution in [0.3, 0.4) is 0 Å². The molecule has 1 aromatic rings. The van der Waals surface area contributed by atoms with Crippen molar-refractivity contribution in [1.29, 1.82) is 0 Å². The minimum atomic E-state index is -1.33. The average Bonchev–Trinajstić information content (AvgIpc) is 2.67. The van der Waals surface area contributed by atoms with E-state index in [0.717, 1.165) is 0 Å². The number of hydrogen-bond donors (Lipinski definition) is 0. The molecule has 152 valence electrons. The Bertz CT molecular complexity index is 530. The van der Waals surface area contributed by atoms with Gasteiger partial charge in [0.05, 0.1) is 0 Å². The van der Waals surface area contributed by atoms with Crippen LogP contribution in [0.2, 0.25) is 19.1 Å². The Morgan fingerprint density at radius 2 is 1.19 bits per heavy atom. The van der Waals surface area contributed by atoms with Crippen LogP contribution in [0.1, 0.15) is 102 Å². The maximum atomic E-state index is 3.61. The van der Waals surface area contributed by atoms with Gasteiger partial charge in [-0.2, -0.15) is 0 Å². The minimum Gasteiger partial charge on any atom is -0.126 e. The van der Waals surface area contributed by atoms with Crippen molar-refractivity contribution in [2.75, 3.05) is 0 Å². The van der Waals surface area contributed by atoms with Crippen molar-refractivity contribution in [3.63, 3.8) is 0 Å². The normalized spacial score (nSPS) is 11.3. The monoisotopic (exact) mass is 384 g/mol. The zero-order chi connectivity index (χ0) is 19.8. The van der Waals surface area contributed by atoms with Crippen LogP contribution in [0.25, 0.3) is 0 Å². The van der Waals surface area contributed by atoms with Crippen LogP contribution in [-0.4, -0.2) is 8.07 Å². The van der Waals surface area contributed by atoms with Gasteiger partial charge in [-0.15, -0.1) is 5.54 Å². The summed E-state index contributed by atoms with van der Waals surface area (Å²) in [5.41, 5.74) is 6.27. The minimum absolute atomic E-state index is 1.19. The lowest BCUT2D eigenvalue weighted by Gasteiger charge is -2.13. The van der Waals surface area contributed by atoms with Crippen LogP contribution in [0.5, 0.6) is 0 Å². The molecule has 0 unspecified atom stereocenters. The van der Waals surface area contributed by atoms with E-state index in [9.17, 15) is 0 Å². The van der Waals surface area contributed by atoms with Crippen LogP contribution in [-0.2, 0) is 6.42 Å². The summed E-state index contributed by atoms with van der Waals surface area (Å²) < 4.78 is 0. The number of rotatable bonds is 14. The summed E-state index contributed by atoms with van der Waals surface area (Å²) in [6.45, 7) is 9.35. The van der Waals surface area contributed by atoms with Crippen molar-refractivity contribution >= 4 is 8.07 Å². The maximum Gasteiger partial charge on any atom is 0.132 e. The topological polar surface area (TPSA) is 0 Å². The van der Waals surface area contributed by atoms with E-state index in [1.54, 1.807) is 0 Å². The Morgan fingerprint density at radius 1 is 0.667 bits per heavy atom. The number of benzene rings is 1. The molecule has 0 spiro atoms. The lowest BCUT2D eigenvalue weighted by atomic mass is 10.0. The molecule has 0 fully saturated rings. The first-order chi connectivity index (χ1) is 13.1. The third-order valence-electron chi connectivity index (χ3n) is 5.47. The largest absolute Gasteiger partial charge is 0.132 e. The highest BCUT2D eigenvalue weighted by Crippen LogP contribution is 2.14. The molecule has 0 aliphatic carbocycles. The molecule has 0 atom stereocenters. The maximum absolute atomic E-state index is 3.61. The van der Waals surface area contributed by atoms with Gasteiger partial charge in [-0.25, -0.2) is 0 Å². The van der Waals surface area contributed by atoms with Gasteiger partial charge >= 0.3 is 0 Å². The first kappa shape index (κ1) is 24.0. The predicted octanol–water partition coefficient (Wildman–Crippen LogP) is 8.55. The molecule has 1 aromatic carbocycles. The highest BCUT2D eigenvalue weighted by molar-refractivity contribution is 6.85. The second-order valence-corrected chi connectivity index (χ2v) is 13.4. The summed E-state index contributed by atoms with van der Waals surface area (Å²) in [6, 6.07) is 10.4. The highest BCUT2D eigenvalue weighted by atomic mass is 28.3. The quantitative estimate of drug-likeness (QED) is 0.171. The first-order valence-electron chi connectivity index (χ1n) is 11.7. The zero-order valence-electron chi connectivity index (χ0n) is 18.7. The summed E-state index contributed by atoms with van der Waals surface area (Å²) in [4.78, 5) is 0. The summed E-state index contributed by atoms with van der Waals surface area (Å²) >= 11 is 0. The van der Waals surface area contributed by atoms with Gasteiger partial charge in [0.2, 0.25) is 0 Å². The third-order valence-corrected chi connectivity index (χ3v) is 7.88. The number of hydrogen-bond acceptors (Lipinski definition) is 0. The molecule has 0 N–H and O–H groups in total. The van der Waals surface area contributed by atoms with Crippen LogP contribution in [0.15, 0.2) is 24.3 Å². The van der Waals surface area contributed by atoms with E-state index >= 15 is 0 Å². The molecule has 0 bridgehead atoms. The Hall–Kier alpha value is -1.00. The molecular weight excluding hydrogens is 340 g/mol. The van der Waals surface area contributed by atoms with E-state index in [4.69, 9.17) is 0 Å². The molecule has 0 saturated heterocycles. The molecule has 1 heteroatoms. The summed E-state index contributed by atoms with van der Waals surface area (Å²) in [5, 5.41) is 0. The van der Waals surface area contributed by atoms with Gasteiger partial charge < -0.3 is 0 Å². The number of aryl methyl sites for hydroxylation is 1. The molecule has 0 aliphatic rings. The zero-order valence-corrected chi connectivity index (χ0v) is 19.7. The fraction of sp³-hybridized carbons (Fsp3) is 0.692. The van der Waals surface area contributed by atoms with Crippen LogP contribution >= 0.6 is 0 Å². The van der Waals surface area contributed by atoms with Gasteiger partial charge in [-0.1, -0.05) is 116 Å². The Balaban J connectivity index is 2.18. The van der Waals surface area contributed by atoms with E-state index in [1.165, 1.54) is 101 Å². The van der Waals surface area contributed by atoms with E-state index < -0.39 is 8.07 Å². The van der Waals surface area contributed by atoms with Crippen molar-refractivity contribution in [2.45, 2.75) is 116 Å². The standard InChI is InChI=1S/C26H44Si/c1-5-7-9-10-11-12-13-14-15-16-17-25-18-20-26(21-19-25)22-24-27(3,4)23-8-6-2/h18-21H,5-17,23H2,1-4H3. The second-order valence-electron chi connectivity index (χ2n) is 8.87. The fourth-order valence-electron chi connectivity index (χ4n) is 3.49. The average molecular weight is 385 g/mol. The van der Waals surface area contributed by atoms with Crippen molar-refractivity contribution < 1.29 is 0 Å². The van der Waals surface area contributed by atoms with E-state index in [1.807, 2.05) is 0 Å². The Kier molecular flexibility index (Phi) is 13.3. The molecular formula is C26H44Si. The third kappa shape index (κ3) is 12.9. The fourth-order valence-corrected chi connectivity index (χ4v) is 5.34. The smallest absolute Gasteiger partial charge is 0.126 e. The van der Waals surface area contributed by atoms with E-state index in [2.05, 4.69) is 62.7 Å². The van der Waals surface area contributed by atoms with Gasteiger partial charge in [0.15, 0.2) is 0 Å². The summed E-state index contributed by atoms with van der Waals surface area (Å²) in [7, 11) is -1.33. The van der Waals surface area contributed by atoms with Gasteiger partial charge in [0.1, 0.15) is 8.07 Å². The van der Waals surface area contributed by atoms with Gasteiger partial charge in [0.25, 0.3) is 0 Å². The van der Waals surface area contributed by atoms with Crippen LogP contribution in [0, 0.1) is 11.5 Å². The second kappa shape index (κ2) is 15.0. The highest BCUT2D eigenvalue weighted by Gasteiger charge is 2.16. The molecule has 0 aliphatic heterocycles. The van der Waals surface area contributed by atoms with Crippen LogP contribution in [0.4, 0.5) is 0 Å². The molecule has 0 saturated carbocycles. The van der Waals surface area contributed by atoms with Crippen molar-refractivity contribution in [3.05, 3.63) is 35.4 Å². The van der Waals surface area contributed by atoms with E-state index in [0.29, 0.717) is 0 Å². The van der Waals surface area contributed by atoms with Crippen molar-refractivity contribution in [3.8, 4) is 11.5 Å². The lowest BCUT2D eigenvalue weighted by Crippen LogP contribution is -2.22. The molecule has 1 rings (SSSR count). The van der Waals surface area contributed by atoms with E-state index in [-0.39, 0.29) is 0 Å². The molecule has 0 radical (unpaired) electrons. The predicted molar refractivity (Wildman–Crippen MR) is 126 cm³/mol. The molecule has 0 nitrogen and oxygen atoms in total. The molecule has 0 amide bonds. The van der Waals surface area contributed by atoms with Crippen molar-refractivity contribution in [2.24, 2.45) is 0 Å². The van der Waals surface area contributed by atoms with Crippen molar-refractivity contribution in [1.82, 2.24) is 0 Å². The molecule has 27 heavy (non-hydrogen) atoms. The van der Waals surface area contributed by atoms with Crippen LogP contribution < -0.4 is 0 Å². The summed E-state index contributed by atoms with van der Waals surface area (Å²) in [6.07, 6.45) is 17.9. The van der Waals surface area contributed by atoms with Gasteiger partial charge in [0, 0.05) is 5.56 Å². The van der Waals surface area contributed by atoms with Gasteiger partial charge in [-0.05, 0) is 36.6 Å². The molecule has 0 aromatic heterocycles. The van der Waals surface area contributed by atoms with Gasteiger partial charge in [-0.3, -0.25) is 0 Å².